The third-order valence-corrected chi connectivity index (χ3v) is 3.67. The maximum Gasteiger partial charge on any atom is 0.228 e. The molecule has 5 nitrogen and oxygen atoms in total. The van der Waals surface area contributed by atoms with E-state index in [0.717, 1.165) is 0 Å². The Labute approximate surface area is 130 Å². The highest BCUT2D eigenvalue weighted by atomic mass is 19.1. The lowest BCUT2D eigenvalue weighted by molar-refractivity contribution is -0.0805. The first-order chi connectivity index (χ1) is 10.9. The molecule has 0 spiro atoms. The van der Waals surface area contributed by atoms with Crippen LogP contribution in [0, 0.1) is 11.6 Å². The minimum Gasteiger partial charge on any atom is -0.385 e. The second-order valence-corrected chi connectivity index (χ2v) is 5.32. The summed E-state index contributed by atoms with van der Waals surface area (Å²) < 4.78 is 47.5. The SMILES string of the molecule is CC1(c2cc(-c3cncnc3)c(F)cc2F)N=C(N)CO[C@@H]1F. The molecule has 0 saturated carbocycles. The number of aromatic nitrogens is 2. The van der Waals surface area contributed by atoms with E-state index in [4.69, 9.17) is 10.5 Å². The molecule has 0 fully saturated rings. The number of benzene rings is 1. The van der Waals surface area contributed by atoms with E-state index in [0.29, 0.717) is 11.6 Å². The second-order valence-electron chi connectivity index (χ2n) is 5.32. The number of nitrogens with two attached hydrogens (primary N) is 1. The molecule has 1 aliphatic rings. The smallest absolute Gasteiger partial charge is 0.228 e. The quantitative estimate of drug-likeness (QED) is 0.921. The first-order valence-corrected chi connectivity index (χ1v) is 6.76. The Morgan fingerprint density at radius 3 is 2.61 bits per heavy atom. The second kappa shape index (κ2) is 5.62. The predicted octanol–water partition coefficient (Wildman–Crippen LogP) is 2.32. The van der Waals surface area contributed by atoms with E-state index in [1.807, 2.05) is 0 Å². The van der Waals surface area contributed by atoms with Crippen LogP contribution >= 0.6 is 0 Å². The van der Waals surface area contributed by atoms with Gasteiger partial charge in [-0.2, -0.15) is 0 Å². The summed E-state index contributed by atoms with van der Waals surface area (Å²) in [4.78, 5) is 11.6. The molecule has 2 aromatic rings. The first kappa shape index (κ1) is 15.4. The standard InChI is InChI=1S/C15H13F3N4O/c1-15(14(18)23-6-13(19)22-15)10-2-9(11(16)3-12(10)17)8-4-20-7-21-5-8/h2-5,7,14H,6H2,1H3,(H2,19,22)/t14-,15?/m0/s1. The highest BCUT2D eigenvalue weighted by molar-refractivity contribution is 5.82. The lowest BCUT2D eigenvalue weighted by Gasteiger charge is -2.33. The normalized spacial score (nSPS) is 24.3. The Balaban J connectivity index is 2.19. The van der Waals surface area contributed by atoms with Crippen molar-refractivity contribution in [3.63, 3.8) is 0 Å². The van der Waals surface area contributed by atoms with Crippen molar-refractivity contribution in [3.05, 3.63) is 48.1 Å². The molecule has 3 rings (SSSR count). The molecule has 0 radical (unpaired) electrons. The molecule has 0 bridgehead atoms. The van der Waals surface area contributed by atoms with Crippen LogP contribution in [0.3, 0.4) is 0 Å². The number of hydrogen-bond donors (Lipinski definition) is 1. The van der Waals surface area contributed by atoms with E-state index in [9.17, 15) is 13.2 Å². The summed E-state index contributed by atoms with van der Waals surface area (Å²) in [7, 11) is 0. The molecule has 2 heterocycles. The third kappa shape index (κ3) is 2.65. The molecule has 1 aromatic heterocycles. The van der Waals surface area contributed by atoms with Gasteiger partial charge >= 0.3 is 0 Å². The van der Waals surface area contributed by atoms with Crippen molar-refractivity contribution >= 4 is 5.84 Å². The van der Waals surface area contributed by atoms with Gasteiger partial charge in [-0.1, -0.05) is 0 Å². The number of halogens is 3. The maximum absolute atomic E-state index is 14.3. The molecule has 8 heteroatoms. The van der Waals surface area contributed by atoms with E-state index < -0.39 is 23.5 Å². The zero-order valence-corrected chi connectivity index (χ0v) is 12.1. The van der Waals surface area contributed by atoms with Gasteiger partial charge in [-0.3, -0.25) is 4.99 Å². The monoisotopic (exact) mass is 322 g/mol. The highest BCUT2D eigenvalue weighted by Gasteiger charge is 2.42. The fourth-order valence-corrected chi connectivity index (χ4v) is 2.48. The molecule has 1 aromatic carbocycles. The van der Waals surface area contributed by atoms with E-state index in [1.54, 1.807) is 0 Å². The van der Waals surface area contributed by atoms with Crippen molar-refractivity contribution in [1.82, 2.24) is 9.97 Å². The number of rotatable bonds is 2. The number of hydrogen-bond acceptors (Lipinski definition) is 5. The Morgan fingerprint density at radius 1 is 1.22 bits per heavy atom. The van der Waals surface area contributed by atoms with Gasteiger partial charge in [0, 0.05) is 35.2 Å². The van der Waals surface area contributed by atoms with E-state index in [2.05, 4.69) is 15.0 Å². The number of aliphatic imine (C=N–C) groups is 1. The number of nitrogens with zero attached hydrogens (tertiary/aromatic N) is 3. The highest BCUT2D eigenvalue weighted by Crippen LogP contribution is 2.38. The molecule has 1 aliphatic heterocycles. The Bertz CT molecular complexity index is 769. The zero-order valence-electron chi connectivity index (χ0n) is 12.1. The zero-order chi connectivity index (χ0) is 16.6. The van der Waals surface area contributed by atoms with Crippen molar-refractivity contribution < 1.29 is 17.9 Å². The number of ether oxygens (including phenoxy) is 1. The lowest BCUT2D eigenvalue weighted by atomic mass is 9.88. The summed E-state index contributed by atoms with van der Waals surface area (Å²) in [5.41, 5.74) is 4.09. The van der Waals surface area contributed by atoms with Crippen LogP contribution in [-0.2, 0) is 10.3 Å². The summed E-state index contributed by atoms with van der Waals surface area (Å²) in [5, 5.41) is 0. The van der Waals surface area contributed by atoms with Gasteiger partial charge in [-0.05, 0) is 13.0 Å². The molecule has 0 amide bonds. The Kier molecular flexibility index (Phi) is 3.77. The largest absolute Gasteiger partial charge is 0.385 e. The average molecular weight is 322 g/mol. The molecule has 120 valence electrons. The molecular weight excluding hydrogens is 309 g/mol. The number of alkyl halides is 1. The number of amidine groups is 1. The van der Waals surface area contributed by atoms with E-state index in [1.165, 1.54) is 31.7 Å². The molecule has 2 N–H and O–H groups in total. The summed E-state index contributed by atoms with van der Waals surface area (Å²) in [6.45, 7) is 1.16. The van der Waals surface area contributed by atoms with Crippen LogP contribution < -0.4 is 5.73 Å². The van der Waals surface area contributed by atoms with Gasteiger partial charge in [0.25, 0.3) is 0 Å². The van der Waals surface area contributed by atoms with Crippen molar-refractivity contribution in [2.75, 3.05) is 6.61 Å². The average Bonchev–Trinajstić information content (AvgIpc) is 2.52. The maximum atomic E-state index is 14.3. The van der Waals surface area contributed by atoms with Gasteiger partial charge in [0.05, 0.1) is 0 Å². The molecule has 23 heavy (non-hydrogen) atoms. The van der Waals surface area contributed by atoms with Gasteiger partial charge < -0.3 is 10.5 Å². The minimum absolute atomic E-state index is 0.0368. The van der Waals surface area contributed by atoms with Crippen molar-refractivity contribution in [1.29, 1.82) is 0 Å². The van der Waals surface area contributed by atoms with Gasteiger partial charge in [0.1, 0.15) is 35.9 Å². The van der Waals surface area contributed by atoms with Crippen LogP contribution in [0.2, 0.25) is 0 Å². The van der Waals surface area contributed by atoms with Crippen LogP contribution in [0.5, 0.6) is 0 Å². The van der Waals surface area contributed by atoms with Crippen LogP contribution in [0.4, 0.5) is 13.2 Å². The fraction of sp³-hybridized carbons (Fsp3) is 0.267. The van der Waals surface area contributed by atoms with Crippen molar-refractivity contribution in [2.45, 2.75) is 18.8 Å². The van der Waals surface area contributed by atoms with Gasteiger partial charge in [-0.15, -0.1) is 0 Å². The predicted molar refractivity (Wildman–Crippen MR) is 77.2 cm³/mol. The lowest BCUT2D eigenvalue weighted by Crippen LogP contribution is -2.43. The third-order valence-electron chi connectivity index (χ3n) is 3.67. The van der Waals surface area contributed by atoms with Crippen molar-refractivity contribution in [2.24, 2.45) is 10.7 Å². The topological polar surface area (TPSA) is 73.4 Å². The van der Waals surface area contributed by atoms with Gasteiger partial charge in [-0.25, -0.2) is 23.1 Å². The van der Waals surface area contributed by atoms with Gasteiger partial charge in [0.15, 0.2) is 0 Å². The molecule has 2 atom stereocenters. The van der Waals surface area contributed by atoms with Crippen LogP contribution in [-0.4, -0.2) is 28.8 Å². The van der Waals surface area contributed by atoms with Gasteiger partial charge in [0.2, 0.25) is 6.36 Å². The summed E-state index contributed by atoms with van der Waals surface area (Å²) in [5.74, 6) is -1.71. The first-order valence-electron chi connectivity index (χ1n) is 6.76. The van der Waals surface area contributed by atoms with E-state index in [-0.39, 0.29) is 23.6 Å². The Morgan fingerprint density at radius 2 is 1.91 bits per heavy atom. The summed E-state index contributed by atoms with van der Waals surface area (Å²) in [6, 6.07) is 1.86. The van der Waals surface area contributed by atoms with E-state index >= 15 is 0 Å². The Hall–Kier alpha value is -2.48. The van der Waals surface area contributed by atoms with Crippen LogP contribution in [0.25, 0.3) is 11.1 Å². The van der Waals surface area contributed by atoms with Crippen LogP contribution in [0.15, 0.2) is 35.8 Å². The summed E-state index contributed by atoms with van der Waals surface area (Å²) >= 11 is 0. The van der Waals surface area contributed by atoms with Crippen LogP contribution in [0.1, 0.15) is 12.5 Å². The fourth-order valence-electron chi connectivity index (χ4n) is 2.48. The molecule has 0 aliphatic carbocycles. The minimum atomic E-state index is -1.91. The molecule has 1 unspecified atom stereocenters. The van der Waals surface area contributed by atoms with Crippen molar-refractivity contribution in [3.8, 4) is 11.1 Å². The molecule has 0 saturated heterocycles. The summed E-state index contributed by atoms with van der Waals surface area (Å²) in [6.07, 6.45) is 2.12. The molecular formula is C15H13F3N4O.